The van der Waals surface area contributed by atoms with Gasteiger partial charge in [-0.15, -0.1) is 0 Å². The molecule has 0 spiro atoms. The number of anilines is 3. The second-order valence-electron chi connectivity index (χ2n) is 11.7. The second-order valence-corrected chi connectivity index (χ2v) is 11.7. The van der Waals surface area contributed by atoms with Crippen molar-refractivity contribution in [3.05, 3.63) is 158 Å². The largest absolute Gasteiger partial charge is 0.309 e. The Hall–Kier alpha value is -6.13. The van der Waals surface area contributed by atoms with Crippen molar-refractivity contribution >= 4 is 60.7 Å². The Labute approximate surface area is 259 Å². The van der Waals surface area contributed by atoms with Crippen LogP contribution in [0.5, 0.6) is 0 Å². The molecule has 210 valence electrons. The zero-order chi connectivity index (χ0) is 29.5. The summed E-state index contributed by atoms with van der Waals surface area (Å²) in [5.41, 5.74) is 13.0. The summed E-state index contributed by atoms with van der Waals surface area (Å²) in [5, 5.41) is 5.03. The van der Waals surface area contributed by atoms with Gasteiger partial charge in [-0.1, -0.05) is 78.9 Å². The number of nitrogens with zero attached hydrogens (tertiary/aromatic N) is 4. The SMILES string of the molecule is c1ccc(N2c3ccccc3-n3c4cc5c(cc4c4cccc2c43)c2ccccc2n5-c2ccc(-c3cccnc3)cc2)cc1. The summed E-state index contributed by atoms with van der Waals surface area (Å²) in [6, 6.07) is 52.7. The van der Waals surface area contributed by atoms with Gasteiger partial charge in [0.15, 0.2) is 0 Å². The van der Waals surface area contributed by atoms with Gasteiger partial charge in [0, 0.05) is 45.3 Å². The monoisotopic (exact) mass is 574 g/mol. The number of fused-ring (bicyclic) bond motifs is 8. The molecule has 0 bridgehead atoms. The fourth-order valence-corrected chi connectivity index (χ4v) is 7.38. The van der Waals surface area contributed by atoms with E-state index in [0.29, 0.717) is 0 Å². The highest BCUT2D eigenvalue weighted by molar-refractivity contribution is 6.22. The zero-order valence-electron chi connectivity index (χ0n) is 24.3. The van der Waals surface area contributed by atoms with Crippen LogP contribution < -0.4 is 4.90 Å². The molecule has 0 saturated carbocycles. The predicted octanol–water partition coefficient (Wildman–Crippen LogP) is 10.7. The van der Waals surface area contributed by atoms with Gasteiger partial charge in [0.25, 0.3) is 0 Å². The van der Waals surface area contributed by atoms with E-state index in [1.54, 1.807) is 0 Å². The molecule has 4 heteroatoms. The minimum atomic E-state index is 1.12. The Bertz CT molecular complexity index is 2580. The Kier molecular flexibility index (Phi) is 4.96. The number of benzene rings is 6. The molecule has 6 aromatic carbocycles. The maximum atomic E-state index is 4.32. The summed E-state index contributed by atoms with van der Waals surface area (Å²) in [7, 11) is 0. The van der Waals surface area contributed by atoms with Crippen LogP contribution in [-0.2, 0) is 0 Å². The smallest absolute Gasteiger partial charge is 0.0783 e. The summed E-state index contributed by atoms with van der Waals surface area (Å²) >= 11 is 0. The summed E-state index contributed by atoms with van der Waals surface area (Å²) in [4.78, 5) is 6.72. The molecule has 0 amide bonds. The molecule has 10 rings (SSSR count). The normalized spacial score (nSPS) is 12.4. The summed E-state index contributed by atoms with van der Waals surface area (Å²) in [5.74, 6) is 0. The van der Waals surface area contributed by atoms with Gasteiger partial charge in [-0.25, -0.2) is 0 Å². The van der Waals surface area contributed by atoms with Crippen molar-refractivity contribution in [2.24, 2.45) is 0 Å². The van der Waals surface area contributed by atoms with E-state index < -0.39 is 0 Å². The molecule has 9 aromatic rings. The van der Waals surface area contributed by atoms with Crippen LogP contribution in [0.1, 0.15) is 0 Å². The Morgan fingerprint density at radius 3 is 1.96 bits per heavy atom. The van der Waals surface area contributed by atoms with Crippen molar-refractivity contribution in [3.63, 3.8) is 0 Å². The molecule has 45 heavy (non-hydrogen) atoms. The van der Waals surface area contributed by atoms with Gasteiger partial charge in [0.05, 0.1) is 39.1 Å². The van der Waals surface area contributed by atoms with Crippen LogP contribution >= 0.6 is 0 Å². The molecule has 0 fully saturated rings. The molecule has 0 saturated heterocycles. The molecule has 4 nitrogen and oxygen atoms in total. The van der Waals surface area contributed by atoms with Crippen molar-refractivity contribution in [3.8, 4) is 22.5 Å². The average molecular weight is 575 g/mol. The molecule has 0 radical (unpaired) electrons. The first-order valence-electron chi connectivity index (χ1n) is 15.3. The predicted molar refractivity (Wildman–Crippen MR) is 187 cm³/mol. The molecule has 0 atom stereocenters. The van der Waals surface area contributed by atoms with Crippen LogP contribution in [0.4, 0.5) is 17.1 Å². The van der Waals surface area contributed by atoms with Crippen molar-refractivity contribution in [1.82, 2.24) is 14.1 Å². The molecule has 3 aromatic heterocycles. The third-order valence-electron chi connectivity index (χ3n) is 9.30. The maximum Gasteiger partial charge on any atom is 0.0783 e. The number of para-hydroxylation sites is 5. The summed E-state index contributed by atoms with van der Waals surface area (Å²) in [6.45, 7) is 0. The van der Waals surface area contributed by atoms with Crippen LogP contribution in [0.3, 0.4) is 0 Å². The van der Waals surface area contributed by atoms with Crippen molar-refractivity contribution in [1.29, 1.82) is 0 Å². The molecular weight excluding hydrogens is 548 g/mol. The van der Waals surface area contributed by atoms with E-state index in [1.807, 2.05) is 18.5 Å². The van der Waals surface area contributed by atoms with E-state index in [0.717, 1.165) is 22.5 Å². The van der Waals surface area contributed by atoms with Crippen LogP contribution in [0.25, 0.3) is 66.1 Å². The Morgan fingerprint density at radius 2 is 1.11 bits per heavy atom. The van der Waals surface area contributed by atoms with Crippen molar-refractivity contribution in [2.45, 2.75) is 0 Å². The summed E-state index contributed by atoms with van der Waals surface area (Å²) < 4.78 is 4.88. The van der Waals surface area contributed by atoms with Gasteiger partial charge >= 0.3 is 0 Å². The number of aromatic nitrogens is 3. The van der Waals surface area contributed by atoms with Gasteiger partial charge in [0.1, 0.15) is 0 Å². The molecular formula is C41H26N4. The lowest BCUT2D eigenvalue weighted by Gasteiger charge is -2.33. The van der Waals surface area contributed by atoms with Gasteiger partial charge in [0.2, 0.25) is 0 Å². The standard InChI is InChI=1S/C41H26N4/c1-2-11-29(12-3-1)44-36-16-6-7-17-37(36)45-40-25-39-33(24-34(40)32-14-8-18-38(44)41(32)45)31-13-4-5-15-35(31)43(39)30-21-19-27(20-22-30)28-10-9-23-42-26-28/h1-26H. The highest BCUT2D eigenvalue weighted by Crippen LogP contribution is 2.50. The van der Waals surface area contributed by atoms with Crippen LogP contribution in [-0.4, -0.2) is 14.1 Å². The lowest BCUT2D eigenvalue weighted by atomic mass is 10.1. The van der Waals surface area contributed by atoms with Crippen molar-refractivity contribution < 1.29 is 0 Å². The molecule has 0 unspecified atom stereocenters. The van der Waals surface area contributed by atoms with E-state index in [9.17, 15) is 0 Å². The fourth-order valence-electron chi connectivity index (χ4n) is 7.38. The van der Waals surface area contributed by atoms with E-state index in [-0.39, 0.29) is 0 Å². The van der Waals surface area contributed by atoms with Crippen LogP contribution in [0.15, 0.2) is 158 Å². The van der Waals surface area contributed by atoms with Gasteiger partial charge in [-0.05, 0) is 77.9 Å². The first-order chi connectivity index (χ1) is 22.3. The highest BCUT2D eigenvalue weighted by atomic mass is 15.2. The minimum absolute atomic E-state index is 1.12. The quantitative estimate of drug-likeness (QED) is 0.210. The molecule has 0 aliphatic carbocycles. The van der Waals surface area contributed by atoms with Gasteiger partial charge < -0.3 is 14.0 Å². The fraction of sp³-hybridized carbons (Fsp3) is 0. The molecule has 0 N–H and O–H groups in total. The first kappa shape index (κ1) is 24.3. The van der Waals surface area contributed by atoms with Crippen LogP contribution in [0, 0.1) is 0 Å². The van der Waals surface area contributed by atoms with E-state index >= 15 is 0 Å². The minimum Gasteiger partial charge on any atom is -0.309 e. The third-order valence-corrected chi connectivity index (χ3v) is 9.30. The number of pyridine rings is 1. The summed E-state index contributed by atoms with van der Waals surface area (Å²) in [6.07, 6.45) is 3.73. The van der Waals surface area contributed by atoms with E-state index in [2.05, 4.69) is 159 Å². The maximum absolute atomic E-state index is 4.32. The zero-order valence-corrected chi connectivity index (χ0v) is 24.3. The molecule has 4 heterocycles. The van der Waals surface area contributed by atoms with Crippen LogP contribution in [0.2, 0.25) is 0 Å². The average Bonchev–Trinajstić information content (AvgIpc) is 3.61. The number of rotatable bonds is 3. The lowest BCUT2D eigenvalue weighted by molar-refractivity contribution is 1.11. The molecule has 1 aliphatic rings. The topological polar surface area (TPSA) is 26.0 Å². The second kappa shape index (κ2) is 9.18. The third kappa shape index (κ3) is 3.39. The number of hydrogen-bond acceptors (Lipinski definition) is 2. The molecule has 1 aliphatic heterocycles. The van der Waals surface area contributed by atoms with Gasteiger partial charge in [-0.3, -0.25) is 4.98 Å². The highest BCUT2D eigenvalue weighted by Gasteiger charge is 2.29. The van der Waals surface area contributed by atoms with Crippen molar-refractivity contribution in [2.75, 3.05) is 4.90 Å². The van der Waals surface area contributed by atoms with E-state index in [4.69, 9.17) is 0 Å². The first-order valence-corrected chi connectivity index (χ1v) is 15.3. The van der Waals surface area contributed by atoms with E-state index in [1.165, 1.54) is 60.7 Å². The Balaban J connectivity index is 1.29. The Morgan fingerprint density at radius 1 is 0.400 bits per heavy atom. The van der Waals surface area contributed by atoms with Gasteiger partial charge in [-0.2, -0.15) is 0 Å². The lowest BCUT2D eigenvalue weighted by Crippen LogP contribution is -2.17. The number of hydrogen-bond donors (Lipinski definition) is 0.